The Morgan fingerprint density at radius 2 is 1.57 bits per heavy atom. The molecule has 1 N–H and O–H groups in total. The van der Waals surface area contributed by atoms with Crippen LogP contribution in [-0.4, -0.2) is 30.6 Å². The number of hydrogen-bond donors (Lipinski definition) is 1. The van der Waals surface area contributed by atoms with Gasteiger partial charge in [-0.15, -0.1) is 13.2 Å². The van der Waals surface area contributed by atoms with Crippen molar-refractivity contribution in [2.75, 3.05) is 0 Å². The van der Waals surface area contributed by atoms with Crippen LogP contribution in [0.3, 0.4) is 0 Å². The van der Waals surface area contributed by atoms with Crippen LogP contribution in [0.2, 0.25) is 6.32 Å². The van der Waals surface area contributed by atoms with Crippen molar-refractivity contribution in [3.05, 3.63) is 29.8 Å². The Hall–Kier alpha value is -1.74. The summed E-state index contributed by atoms with van der Waals surface area (Å²) in [4.78, 5) is 12.6. The largest absolute Gasteiger partial charge is 0.573 e. The van der Waals surface area contributed by atoms with Crippen molar-refractivity contribution in [3.63, 3.8) is 0 Å². The Morgan fingerprint density at radius 1 is 1.07 bits per heavy atom. The lowest BCUT2D eigenvalue weighted by atomic mass is 9.80. The molecule has 1 heterocycles. The zero-order chi connectivity index (χ0) is 23.0. The maximum absolute atomic E-state index is 12.6. The van der Waals surface area contributed by atoms with E-state index in [0.29, 0.717) is 18.3 Å². The molecule has 1 atom stereocenters. The van der Waals surface area contributed by atoms with Gasteiger partial charge in [0.2, 0.25) is 5.91 Å². The first-order chi connectivity index (χ1) is 13.5. The van der Waals surface area contributed by atoms with Crippen LogP contribution in [0.15, 0.2) is 24.3 Å². The van der Waals surface area contributed by atoms with Crippen LogP contribution < -0.4 is 10.1 Å². The predicted molar refractivity (Wildman–Crippen MR) is 109 cm³/mol. The molecule has 2 rings (SSSR count). The lowest BCUT2D eigenvalue weighted by molar-refractivity contribution is -0.274. The number of rotatable bonds is 6. The molecule has 9 heteroatoms. The molecule has 0 bridgehead atoms. The number of ether oxygens (including phenoxy) is 1. The van der Waals surface area contributed by atoms with Crippen LogP contribution in [0.1, 0.15) is 66.5 Å². The zero-order valence-corrected chi connectivity index (χ0v) is 18.6. The molecule has 1 aromatic carbocycles. The number of amides is 1. The van der Waals surface area contributed by atoms with Crippen LogP contribution in [0.5, 0.6) is 5.75 Å². The number of alkyl halides is 3. The van der Waals surface area contributed by atoms with Crippen molar-refractivity contribution in [3.8, 4) is 5.75 Å². The predicted octanol–water partition coefficient (Wildman–Crippen LogP) is 5.27. The molecule has 0 unspecified atom stereocenters. The molecule has 5 nitrogen and oxygen atoms in total. The van der Waals surface area contributed by atoms with Gasteiger partial charge in [0.1, 0.15) is 5.75 Å². The first-order valence-electron chi connectivity index (χ1n) is 10.0. The van der Waals surface area contributed by atoms with E-state index in [1.165, 1.54) is 24.3 Å². The number of hydrogen-bond acceptors (Lipinski definition) is 4. The van der Waals surface area contributed by atoms with Crippen molar-refractivity contribution >= 4 is 13.0 Å². The second-order valence-electron chi connectivity index (χ2n) is 9.66. The highest BCUT2D eigenvalue weighted by Crippen LogP contribution is 2.39. The molecule has 30 heavy (non-hydrogen) atoms. The molecule has 0 spiro atoms. The summed E-state index contributed by atoms with van der Waals surface area (Å²) in [6.45, 7) is 13.3. The van der Waals surface area contributed by atoms with Crippen molar-refractivity contribution in [2.24, 2.45) is 5.41 Å². The van der Waals surface area contributed by atoms with Gasteiger partial charge in [0.15, 0.2) is 0 Å². The maximum atomic E-state index is 12.6. The summed E-state index contributed by atoms with van der Waals surface area (Å²) in [5.41, 5.74) is -0.850. The number of carbonyl (C=O) groups is 1. The van der Waals surface area contributed by atoms with Gasteiger partial charge in [-0.3, -0.25) is 4.79 Å². The Labute approximate surface area is 176 Å². The van der Waals surface area contributed by atoms with E-state index in [2.05, 4.69) is 10.1 Å². The van der Waals surface area contributed by atoms with Crippen molar-refractivity contribution < 1.29 is 32.0 Å². The van der Waals surface area contributed by atoms with Crippen molar-refractivity contribution in [1.29, 1.82) is 0 Å². The van der Waals surface area contributed by atoms with Gasteiger partial charge in [-0.1, -0.05) is 32.9 Å². The second-order valence-corrected chi connectivity index (χ2v) is 9.66. The minimum Gasteiger partial charge on any atom is -0.406 e. The Morgan fingerprint density at radius 3 is 2.00 bits per heavy atom. The number of benzene rings is 1. The zero-order valence-electron chi connectivity index (χ0n) is 18.6. The van der Waals surface area contributed by atoms with E-state index in [-0.39, 0.29) is 11.7 Å². The summed E-state index contributed by atoms with van der Waals surface area (Å²) < 4.78 is 53.2. The average molecular weight is 429 g/mol. The Bertz CT molecular complexity index is 726. The van der Waals surface area contributed by atoms with Crippen LogP contribution in [0, 0.1) is 5.41 Å². The first kappa shape index (κ1) is 24.5. The number of carbonyl (C=O) groups excluding carboxylic acids is 1. The smallest absolute Gasteiger partial charge is 0.406 e. The van der Waals surface area contributed by atoms with Gasteiger partial charge in [0.05, 0.1) is 17.2 Å². The maximum Gasteiger partial charge on any atom is 0.573 e. The van der Waals surface area contributed by atoms with Gasteiger partial charge in [0.25, 0.3) is 0 Å². The molecule has 1 aliphatic rings. The number of halogens is 3. The molecular formula is C21H31BF3NO4. The molecule has 0 aromatic heterocycles. The van der Waals surface area contributed by atoms with Crippen molar-refractivity contribution in [1.82, 2.24) is 5.32 Å². The molecule has 1 aliphatic heterocycles. The topological polar surface area (TPSA) is 56.8 Å². The molecule has 1 aromatic rings. The highest BCUT2D eigenvalue weighted by atomic mass is 19.4. The van der Waals surface area contributed by atoms with E-state index in [0.717, 1.165) is 0 Å². The highest BCUT2D eigenvalue weighted by molar-refractivity contribution is 6.45. The third-order valence-electron chi connectivity index (χ3n) is 5.50. The minimum atomic E-state index is -4.75. The standard InChI is InChI=1S/C21H31BF3NO4/c1-18(2,3)17(27)26-16(12-13-22-29-19(4,5)20(6,7)30-22)14-8-10-15(11-9-14)28-21(23,24)25/h8-11,16H,12-13H2,1-7H3,(H,26,27)/t16-/m0/s1. The molecule has 1 saturated heterocycles. The van der Waals surface area contributed by atoms with Crippen LogP contribution in [0.25, 0.3) is 0 Å². The summed E-state index contributed by atoms with van der Waals surface area (Å²) in [7, 11) is -0.433. The minimum absolute atomic E-state index is 0.156. The van der Waals surface area contributed by atoms with Gasteiger partial charge in [-0.05, 0) is 58.1 Å². The fourth-order valence-corrected chi connectivity index (χ4v) is 2.98. The quantitative estimate of drug-likeness (QED) is 0.626. The Kier molecular flexibility index (Phi) is 6.89. The van der Waals surface area contributed by atoms with E-state index in [4.69, 9.17) is 9.31 Å². The summed E-state index contributed by atoms with van der Waals surface area (Å²) in [5, 5.41) is 2.99. The lowest BCUT2D eigenvalue weighted by Crippen LogP contribution is -2.41. The second kappa shape index (κ2) is 8.42. The van der Waals surface area contributed by atoms with Gasteiger partial charge >= 0.3 is 13.5 Å². The molecule has 168 valence electrons. The van der Waals surface area contributed by atoms with Crippen LogP contribution >= 0.6 is 0 Å². The third-order valence-corrected chi connectivity index (χ3v) is 5.50. The summed E-state index contributed by atoms with van der Waals surface area (Å²) in [6, 6.07) is 5.13. The van der Waals surface area contributed by atoms with Crippen LogP contribution in [0.4, 0.5) is 13.2 Å². The average Bonchev–Trinajstić information content (AvgIpc) is 2.77. The third kappa shape index (κ3) is 6.38. The highest BCUT2D eigenvalue weighted by Gasteiger charge is 2.50. The van der Waals surface area contributed by atoms with Crippen molar-refractivity contribution in [2.45, 2.75) is 84.8 Å². The van der Waals surface area contributed by atoms with E-state index in [1.807, 2.05) is 27.7 Å². The molecule has 1 amide bonds. The van der Waals surface area contributed by atoms with Gasteiger partial charge in [0, 0.05) is 5.41 Å². The lowest BCUT2D eigenvalue weighted by Gasteiger charge is -2.32. The normalized spacial score (nSPS) is 19.5. The van der Waals surface area contributed by atoms with Gasteiger partial charge < -0.3 is 19.4 Å². The van der Waals surface area contributed by atoms with E-state index in [9.17, 15) is 18.0 Å². The summed E-state index contributed by atoms with van der Waals surface area (Å²) in [6.07, 6.45) is -3.74. The fourth-order valence-electron chi connectivity index (χ4n) is 2.98. The Balaban J connectivity index is 2.14. The van der Waals surface area contributed by atoms with E-state index in [1.54, 1.807) is 20.8 Å². The van der Waals surface area contributed by atoms with Crippen LogP contribution in [-0.2, 0) is 14.1 Å². The molecule has 0 saturated carbocycles. The van der Waals surface area contributed by atoms with Gasteiger partial charge in [-0.2, -0.15) is 0 Å². The van der Waals surface area contributed by atoms with Gasteiger partial charge in [-0.25, -0.2) is 0 Å². The summed E-state index contributed by atoms with van der Waals surface area (Å²) in [5.74, 6) is -0.463. The first-order valence-corrected chi connectivity index (χ1v) is 10.0. The monoisotopic (exact) mass is 429 g/mol. The van der Waals surface area contributed by atoms with E-state index >= 15 is 0 Å². The van der Waals surface area contributed by atoms with E-state index < -0.39 is 36.1 Å². The SMILES string of the molecule is CC(C)(C)C(=O)N[C@@H](CCB1OC(C)(C)C(C)(C)O1)c1ccc(OC(F)(F)F)cc1. The molecular weight excluding hydrogens is 398 g/mol. The fraction of sp³-hybridized carbons (Fsp3) is 0.667. The molecule has 0 aliphatic carbocycles. The molecule has 0 radical (unpaired) electrons. The number of nitrogens with one attached hydrogen (secondary N) is 1. The summed E-state index contributed by atoms with van der Waals surface area (Å²) >= 11 is 0. The molecule has 1 fully saturated rings.